The van der Waals surface area contributed by atoms with E-state index in [9.17, 15) is 19.2 Å². The third-order valence-corrected chi connectivity index (χ3v) is 2.71. The molecule has 0 spiro atoms. The molecule has 10 nitrogen and oxygen atoms in total. The lowest BCUT2D eigenvalue weighted by Crippen LogP contribution is -2.56. The molecule has 0 radical (unpaired) electrons. The van der Waals surface area contributed by atoms with Crippen LogP contribution in [0.4, 0.5) is 0 Å². The van der Waals surface area contributed by atoms with Crippen LogP contribution in [0.15, 0.2) is 0 Å². The van der Waals surface area contributed by atoms with Gasteiger partial charge >= 0.3 is 11.9 Å². The van der Waals surface area contributed by atoms with E-state index < -0.39 is 54.9 Å². The van der Waals surface area contributed by atoms with E-state index in [1.54, 1.807) is 0 Å². The number of nitrogens with two attached hydrogens (primary N) is 1. The SMILES string of the molecule is N[C@@H](CO)C(=O)N[C@@H](CC(=O)O)C(=O)N[C@@H](CS)C(=O)O. The summed E-state index contributed by atoms with van der Waals surface area (Å²) in [5.41, 5.74) is 5.22. The van der Waals surface area contributed by atoms with Gasteiger partial charge in [-0.05, 0) is 0 Å². The summed E-state index contributed by atoms with van der Waals surface area (Å²) in [6.07, 6.45) is -0.769. The molecule has 0 saturated carbocycles. The fraction of sp³-hybridized carbons (Fsp3) is 0.600. The minimum absolute atomic E-state index is 0.217. The fourth-order valence-electron chi connectivity index (χ4n) is 1.20. The summed E-state index contributed by atoms with van der Waals surface area (Å²) in [6.45, 7) is -0.693. The zero-order valence-electron chi connectivity index (χ0n) is 10.9. The molecule has 3 atom stereocenters. The van der Waals surface area contributed by atoms with Crippen molar-refractivity contribution in [2.75, 3.05) is 12.4 Å². The van der Waals surface area contributed by atoms with Gasteiger partial charge in [-0.25, -0.2) is 4.79 Å². The van der Waals surface area contributed by atoms with Crippen LogP contribution in [-0.4, -0.2) is 69.6 Å². The first-order chi connectivity index (χ1) is 9.72. The van der Waals surface area contributed by atoms with Crippen LogP contribution in [0.2, 0.25) is 0 Å². The molecule has 0 aliphatic rings. The Bertz CT molecular complexity index is 417. The second-order valence-electron chi connectivity index (χ2n) is 4.03. The Morgan fingerprint density at radius 2 is 1.57 bits per heavy atom. The minimum atomic E-state index is -1.52. The van der Waals surface area contributed by atoms with Crippen LogP contribution in [0.1, 0.15) is 6.42 Å². The molecule has 0 aromatic heterocycles. The third kappa shape index (κ3) is 6.92. The molecule has 120 valence electrons. The van der Waals surface area contributed by atoms with E-state index in [2.05, 4.69) is 12.6 Å². The molecule has 0 bridgehead atoms. The maximum atomic E-state index is 11.8. The highest BCUT2D eigenvalue weighted by atomic mass is 32.1. The molecule has 11 heteroatoms. The van der Waals surface area contributed by atoms with Crippen LogP contribution in [0.5, 0.6) is 0 Å². The average molecular weight is 323 g/mol. The van der Waals surface area contributed by atoms with Crippen molar-refractivity contribution in [2.45, 2.75) is 24.5 Å². The summed E-state index contributed by atoms with van der Waals surface area (Å²) in [5.74, 6) is -4.89. The summed E-state index contributed by atoms with van der Waals surface area (Å²) in [6, 6.07) is -4.18. The van der Waals surface area contributed by atoms with E-state index in [0.717, 1.165) is 0 Å². The first-order valence-corrected chi connectivity index (χ1v) is 6.38. The van der Waals surface area contributed by atoms with Gasteiger partial charge in [0.2, 0.25) is 11.8 Å². The van der Waals surface area contributed by atoms with Gasteiger partial charge in [-0.3, -0.25) is 14.4 Å². The fourth-order valence-corrected chi connectivity index (χ4v) is 1.45. The molecule has 0 rings (SSSR count). The van der Waals surface area contributed by atoms with Gasteiger partial charge < -0.3 is 31.7 Å². The normalized spacial score (nSPS) is 14.6. The number of thiol groups is 1. The number of nitrogens with one attached hydrogen (secondary N) is 2. The van der Waals surface area contributed by atoms with Crippen LogP contribution >= 0.6 is 12.6 Å². The highest BCUT2D eigenvalue weighted by molar-refractivity contribution is 7.80. The van der Waals surface area contributed by atoms with Gasteiger partial charge in [0, 0.05) is 5.75 Å². The Labute approximate surface area is 125 Å². The number of amides is 2. The van der Waals surface area contributed by atoms with Crippen LogP contribution in [0, 0.1) is 0 Å². The minimum Gasteiger partial charge on any atom is -0.481 e. The van der Waals surface area contributed by atoms with Crippen molar-refractivity contribution in [3.63, 3.8) is 0 Å². The van der Waals surface area contributed by atoms with Crippen molar-refractivity contribution < 1.29 is 34.5 Å². The first-order valence-electron chi connectivity index (χ1n) is 5.75. The van der Waals surface area contributed by atoms with Gasteiger partial charge in [-0.2, -0.15) is 12.6 Å². The van der Waals surface area contributed by atoms with Gasteiger partial charge in [0.15, 0.2) is 0 Å². The van der Waals surface area contributed by atoms with Crippen LogP contribution in [0.25, 0.3) is 0 Å². The number of hydrogen-bond acceptors (Lipinski definition) is 7. The van der Waals surface area contributed by atoms with Crippen molar-refractivity contribution >= 4 is 36.4 Å². The van der Waals surface area contributed by atoms with Crippen LogP contribution in [-0.2, 0) is 19.2 Å². The number of hydrogen-bond donors (Lipinski definition) is 7. The predicted octanol–water partition coefficient (Wildman–Crippen LogP) is -3.24. The second-order valence-corrected chi connectivity index (χ2v) is 4.40. The Balaban J connectivity index is 4.88. The van der Waals surface area contributed by atoms with E-state index >= 15 is 0 Å². The largest absolute Gasteiger partial charge is 0.481 e. The smallest absolute Gasteiger partial charge is 0.327 e. The molecule has 0 fully saturated rings. The van der Waals surface area contributed by atoms with Gasteiger partial charge in [-0.15, -0.1) is 0 Å². The number of aliphatic hydroxyl groups excluding tert-OH is 1. The molecule has 0 saturated heterocycles. The Hall–Kier alpha value is -1.85. The van der Waals surface area contributed by atoms with Crippen molar-refractivity contribution in [3.8, 4) is 0 Å². The van der Waals surface area contributed by atoms with Gasteiger partial charge in [0.1, 0.15) is 18.1 Å². The van der Waals surface area contributed by atoms with Crippen molar-refractivity contribution in [2.24, 2.45) is 5.73 Å². The molecule has 0 aliphatic carbocycles. The number of carboxylic acids is 2. The topological polar surface area (TPSA) is 179 Å². The number of carboxylic acid groups (broad SMARTS) is 2. The number of rotatable bonds is 9. The lowest BCUT2D eigenvalue weighted by molar-refractivity contribution is -0.143. The lowest BCUT2D eigenvalue weighted by atomic mass is 10.1. The summed E-state index contributed by atoms with van der Waals surface area (Å²) in [7, 11) is 0. The molecular weight excluding hydrogens is 306 g/mol. The predicted molar refractivity (Wildman–Crippen MR) is 72.7 cm³/mol. The molecule has 21 heavy (non-hydrogen) atoms. The molecule has 0 aromatic rings. The zero-order valence-corrected chi connectivity index (χ0v) is 11.7. The van der Waals surface area contributed by atoms with E-state index in [4.69, 9.17) is 21.1 Å². The van der Waals surface area contributed by atoms with E-state index in [1.165, 1.54) is 0 Å². The Morgan fingerprint density at radius 1 is 1.05 bits per heavy atom. The average Bonchev–Trinajstić information content (AvgIpc) is 2.41. The highest BCUT2D eigenvalue weighted by Gasteiger charge is 2.28. The van der Waals surface area contributed by atoms with E-state index in [0.29, 0.717) is 0 Å². The number of carbonyl (C=O) groups is 4. The van der Waals surface area contributed by atoms with Crippen molar-refractivity contribution in [3.05, 3.63) is 0 Å². The van der Waals surface area contributed by atoms with Crippen molar-refractivity contribution in [1.29, 1.82) is 0 Å². The van der Waals surface area contributed by atoms with E-state index in [-0.39, 0.29) is 5.75 Å². The summed E-state index contributed by atoms with van der Waals surface area (Å²) >= 11 is 3.73. The molecule has 0 heterocycles. The third-order valence-electron chi connectivity index (χ3n) is 2.34. The maximum absolute atomic E-state index is 11.8. The van der Waals surface area contributed by atoms with Crippen molar-refractivity contribution in [1.82, 2.24) is 10.6 Å². The molecule has 7 N–H and O–H groups in total. The Kier molecular flexibility index (Phi) is 8.35. The standard InChI is InChI=1S/C10H17N3O7S/c11-4(2-14)8(17)12-5(1-7(15)16)9(18)13-6(3-21)10(19)20/h4-6,14,21H,1-3,11H2,(H,12,17)(H,13,18)(H,15,16)(H,19,20)/t4-,5-,6-/m0/s1. The molecule has 0 aromatic carbocycles. The van der Waals surface area contributed by atoms with Gasteiger partial charge in [-0.1, -0.05) is 0 Å². The molecule has 0 unspecified atom stereocenters. The second kappa shape index (κ2) is 9.15. The summed E-state index contributed by atoms with van der Waals surface area (Å²) in [4.78, 5) is 44.7. The number of aliphatic carboxylic acids is 2. The highest BCUT2D eigenvalue weighted by Crippen LogP contribution is 1.97. The molecule has 0 aliphatic heterocycles. The van der Waals surface area contributed by atoms with Crippen LogP contribution in [0.3, 0.4) is 0 Å². The summed E-state index contributed by atoms with van der Waals surface area (Å²) in [5, 5.41) is 30.2. The number of aliphatic hydroxyl groups is 1. The van der Waals surface area contributed by atoms with E-state index in [1.807, 2.05) is 10.6 Å². The quantitative estimate of drug-likeness (QED) is 0.216. The summed E-state index contributed by atoms with van der Waals surface area (Å²) < 4.78 is 0. The molecule has 2 amide bonds. The monoisotopic (exact) mass is 323 g/mol. The first kappa shape index (κ1) is 19.1. The zero-order chi connectivity index (χ0) is 16.6. The maximum Gasteiger partial charge on any atom is 0.327 e. The van der Waals surface area contributed by atoms with Crippen LogP contribution < -0.4 is 16.4 Å². The Morgan fingerprint density at radius 3 is 1.95 bits per heavy atom. The van der Waals surface area contributed by atoms with Gasteiger partial charge in [0.25, 0.3) is 0 Å². The van der Waals surface area contributed by atoms with Gasteiger partial charge in [0.05, 0.1) is 13.0 Å². The molecular formula is C10H17N3O7S. The lowest BCUT2D eigenvalue weighted by Gasteiger charge is -2.20. The number of carbonyl (C=O) groups excluding carboxylic acids is 2.